The second-order valence-corrected chi connectivity index (χ2v) is 5.61. The van der Waals surface area contributed by atoms with Crippen molar-refractivity contribution < 1.29 is 4.74 Å². The Morgan fingerprint density at radius 3 is 2.75 bits per heavy atom. The zero-order chi connectivity index (χ0) is 11.4. The fraction of sp³-hybridized carbons (Fsp3) is 0.538. The first kappa shape index (κ1) is 12.1. The number of ether oxygens (including phenoxy) is 1. The molecule has 0 amide bonds. The Kier molecular flexibility index (Phi) is 4.00. The molecule has 0 bridgehead atoms. The van der Waals surface area contributed by atoms with E-state index in [-0.39, 0.29) is 5.54 Å². The molecule has 1 unspecified atom stereocenters. The first-order valence-electron chi connectivity index (χ1n) is 5.75. The minimum atomic E-state index is 0.144. The van der Waals surface area contributed by atoms with E-state index in [0.29, 0.717) is 0 Å². The molecule has 2 nitrogen and oxygen atoms in total. The van der Waals surface area contributed by atoms with Crippen molar-refractivity contribution in [2.75, 3.05) is 13.2 Å². The van der Waals surface area contributed by atoms with Crippen LogP contribution in [0.25, 0.3) is 0 Å². The standard InChI is InChI=1S/C13H18BrNO/c1-13(7-2-8-16-10-13)15-9-11-3-5-12(14)6-4-11/h3-6,15H,2,7-10H2,1H3. The van der Waals surface area contributed by atoms with Crippen LogP contribution in [0.1, 0.15) is 25.3 Å². The highest BCUT2D eigenvalue weighted by molar-refractivity contribution is 9.10. The van der Waals surface area contributed by atoms with Crippen LogP contribution in [0.4, 0.5) is 0 Å². The van der Waals surface area contributed by atoms with Crippen LogP contribution in [-0.4, -0.2) is 18.8 Å². The van der Waals surface area contributed by atoms with Crippen LogP contribution in [0.15, 0.2) is 28.7 Å². The summed E-state index contributed by atoms with van der Waals surface area (Å²) in [5.41, 5.74) is 1.46. The summed E-state index contributed by atoms with van der Waals surface area (Å²) in [5, 5.41) is 3.59. The van der Waals surface area contributed by atoms with Gasteiger partial charge in [0, 0.05) is 23.2 Å². The molecule has 1 saturated heterocycles. The van der Waals surface area contributed by atoms with Crippen molar-refractivity contribution in [2.24, 2.45) is 0 Å². The lowest BCUT2D eigenvalue weighted by atomic mass is 9.94. The summed E-state index contributed by atoms with van der Waals surface area (Å²) in [6.07, 6.45) is 2.35. The molecule has 1 aromatic carbocycles. The van der Waals surface area contributed by atoms with Gasteiger partial charge in [-0.1, -0.05) is 28.1 Å². The van der Waals surface area contributed by atoms with Gasteiger partial charge >= 0.3 is 0 Å². The molecule has 1 N–H and O–H groups in total. The van der Waals surface area contributed by atoms with Crippen molar-refractivity contribution in [1.82, 2.24) is 5.32 Å². The van der Waals surface area contributed by atoms with Gasteiger partial charge in [-0.3, -0.25) is 0 Å². The molecular formula is C13H18BrNO. The van der Waals surface area contributed by atoms with Crippen LogP contribution < -0.4 is 5.32 Å². The number of hydrogen-bond acceptors (Lipinski definition) is 2. The molecule has 0 saturated carbocycles. The summed E-state index contributed by atoms with van der Waals surface area (Å²) in [5.74, 6) is 0. The Morgan fingerprint density at radius 1 is 1.38 bits per heavy atom. The SMILES string of the molecule is CC1(NCc2ccc(Br)cc2)CCCOC1. The molecule has 1 atom stereocenters. The van der Waals surface area contributed by atoms with E-state index >= 15 is 0 Å². The summed E-state index contributed by atoms with van der Waals surface area (Å²) in [7, 11) is 0. The highest BCUT2D eigenvalue weighted by atomic mass is 79.9. The van der Waals surface area contributed by atoms with Crippen molar-refractivity contribution in [3.63, 3.8) is 0 Å². The van der Waals surface area contributed by atoms with Crippen LogP contribution in [-0.2, 0) is 11.3 Å². The number of halogens is 1. The molecule has 1 aromatic rings. The van der Waals surface area contributed by atoms with Gasteiger partial charge in [-0.05, 0) is 37.5 Å². The normalized spacial score (nSPS) is 25.6. The van der Waals surface area contributed by atoms with Crippen LogP contribution in [0.2, 0.25) is 0 Å². The second-order valence-electron chi connectivity index (χ2n) is 4.70. The minimum absolute atomic E-state index is 0.144. The first-order chi connectivity index (χ1) is 7.68. The zero-order valence-corrected chi connectivity index (χ0v) is 11.2. The highest BCUT2D eigenvalue weighted by Crippen LogP contribution is 2.19. The number of nitrogens with one attached hydrogen (secondary N) is 1. The van der Waals surface area contributed by atoms with Crippen molar-refractivity contribution >= 4 is 15.9 Å². The quantitative estimate of drug-likeness (QED) is 0.921. The van der Waals surface area contributed by atoms with Gasteiger partial charge in [0.2, 0.25) is 0 Å². The fourth-order valence-electron chi connectivity index (χ4n) is 1.99. The predicted molar refractivity (Wildman–Crippen MR) is 69.4 cm³/mol. The maximum Gasteiger partial charge on any atom is 0.0645 e. The van der Waals surface area contributed by atoms with Gasteiger partial charge in [0.05, 0.1) is 6.61 Å². The maximum absolute atomic E-state index is 5.52. The highest BCUT2D eigenvalue weighted by Gasteiger charge is 2.26. The van der Waals surface area contributed by atoms with E-state index in [1.165, 1.54) is 12.0 Å². The molecule has 1 heterocycles. The molecule has 0 aliphatic carbocycles. The topological polar surface area (TPSA) is 21.3 Å². The van der Waals surface area contributed by atoms with E-state index < -0.39 is 0 Å². The molecule has 0 aromatic heterocycles. The van der Waals surface area contributed by atoms with Crippen molar-refractivity contribution in [3.05, 3.63) is 34.3 Å². The molecular weight excluding hydrogens is 266 g/mol. The number of benzene rings is 1. The van der Waals surface area contributed by atoms with E-state index in [2.05, 4.69) is 52.4 Å². The predicted octanol–water partition coefficient (Wildman–Crippen LogP) is 3.11. The van der Waals surface area contributed by atoms with Crippen molar-refractivity contribution in [3.8, 4) is 0 Å². The van der Waals surface area contributed by atoms with E-state index in [0.717, 1.165) is 30.7 Å². The molecule has 1 fully saturated rings. The van der Waals surface area contributed by atoms with Gasteiger partial charge in [-0.2, -0.15) is 0 Å². The monoisotopic (exact) mass is 283 g/mol. The Morgan fingerprint density at radius 2 is 2.12 bits per heavy atom. The third kappa shape index (κ3) is 3.30. The Hall–Kier alpha value is -0.380. The van der Waals surface area contributed by atoms with Gasteiger partial charge in [0.25, 0.3) is 0 Å². The lowest BCUT2D eigenvalue weighted by Crippen LogP contribution is -2.48. The number of hydrogen-bond donors (Lipinski definition) is 1. The van der Waals surface area contributed by atoms with Gasteiger partial charge in [0.1, 0.15) is 0 Å². The maximum atomic E-state index is 5.52. The van der Waals surface area contributed by atoms with Gasteiger partial charge in [-0.15, -0.1) is 0 Å². The summed E-state index contributed by atoms with van der Waals surface area (Å²) in [6.45, 7) is 4.89. The lowest BCUT2D eigenvalue weighted by Gasteiger charge is -2.34. The van der Waals surface area contributed by atoms with Crippen molar-refractivity contribution in [1.29, 1.82) is 0 Å². The molecule has 1 aliphatic rings. The summed E-state index contributed by atoms with van der Waals surface area (Å²) >= 11 is 3.44. The summed E-state index contributed by atoms with van der Waals surface area (Å²) in [4.78, 5) is 0. The van der Waals surface area contributed by atoms with Crippen LogP contribution in [0, 0.1) is 0 Å². The smallest absolute Gasteiger partial charge is 0.0645 e. The van der Waals surface area contributed by atoms with E-state index in [1.54, 1.807) is 0 Å². The molecule has 0 spiro atoms. The Labute approximate surface area is 106 Å². The average Bonchev–Trinajstić information content (AvgIpc) is 2.29. The molecule has 1 aliphatic heterocycles. The summed E-state index contributed by atoms with van der Waals surface area (Å²) < 4.78 is 6.65. The van der Waals surface area contributed by atoms with Gasteiger partial charge in [0.15, 0.2) is 0 Å². The van der Waals surface area contributed by atoms with Crippen LogP contribution in [0.5, 0.6) is 0 Å². The molecule has 16 heavy (non-hydrogen) atoms. The van der Waals surface area contributed by atoms with E-state index in [4.69, 9.17) is 4.74 Å². The molecule has 2 rings (SSSR count). The second kappa shape index (κ2) is 5.30. The largest absolute Gasteiger partial charge is 0.380 e. The Bertz CT molecular complexity index is 330. The lowest BCUT2D eigenvalue weighted by molar-refractivity contribution is 0.0278. The molecule has 88 valence electrons. The minimum Gasteiger partial charge on any atom is -0.380 e. The van der Waals surface area contributed by atoms with Crippen LogP contribution in [0.3, 0.4) is 0 Å². The summed E-state index contributed by atoms with van der Waals surface area (Å²) in [6, 6.07) is 8.45. The first-order valence-corrected chi connectivity index (χ1v) is 6.54. The fourth-order valence-corrected chi connectivity index (χ4v) is 2.26. The number of rotatable bonds is 3. The van der Waals surface area contributed by atoms with Crippen LogP contribution >= 0.6 is 15.9 Å². The average molecular weight is 284 g/mol. The van der Waals surface area contributed by atoms with Gasteiger partial charge < -0.3 is 10.1 Å². The third-order valence-electron chi connectivity index (χ3n) is 3.07. The Balaban J connectivity index is 1.88. The third-order valence-corrected chi connectivity index (χ3v) is 3.60. The van der Waals surface area contributed by atoms with Crippen molar-refractivity contribution in [2.45, 2.75) is 31.8 Å². The zero-order valence-electron chi connectivity index (χ0n) is 9.63. The van der Waals surface area contributed by atoms with E-state index in [1.807, 2.05) is 0 Å². The van der Waals surface area contributed by atoms with E-state index in [9.17, 15) is 0 Å². The molecule has 3 heteroatoms. The molecule has 0 radical (unpaired) electrons. The van der Waals surface area contributed by atoms with Gasteiger partial charge in [-0.25, -0.2) is 0 Å².